The number of amides is 1. The molecule has 0 aliphatic heterocycles. The predicted octanol–water partition coefficient (Wildman–Crippen LogP) is 4.35. The highest BCUT2D eigenvalue weighted by Crippen LogP contribution is 2.25. The summed E-state index contributed by atoms with van der Waals surface area (Å²) < 4.78 is 0. The van der Waals surface area contributed by atoms with E-state index in [1.54, 1.807) is 25.1 Å². The van der Waals surface area contributed by atoms with E-state index in [4.69, 9.17) is 11.6 Å². The van der Waals surface area contributed by atoms with Crippen LogP contribution in [0.2, 0.25) is 5.02 Å². The van der Waals surface area contributed by atoms with Gasteiger partial charge in [0.25, 0.3) is 5.91 Å². The van der Waals surface area contributed by atoms with Crippen molar-refractivity contribution in [1.29, 1.82) is 0 Å². The Bertz CT molecular complexity index is 951. The highest BCUT2D eigenvalue weighted by molar-refractivity contribution is 6.34. The number of hydrogen-bond donors (Lipinski definition) is 2. The first-order valence-corrected chi connectivity index (χ1v) is 7.75. The zero-order chi connectivity index (χ0) is 17.1. The summed E-state index contributed by atoms with van der Waals surface area (Å²) in [5.41, 5.74) is 3.95. The van der Waals surface area contributed by atoms with Crippen LogP contribution in [0, 0.1) is 0 Å². The molecule has 3 aromatic carbocycles. The molecule has 0 atom stereocenters. The van der Waals surface area contributed by atoms with Gasteiger partial charge in [-0.2, -0.15) is 5.10 Å². The first-order valence-electron chi connectivity index (χ1n) is 7.37. The molecule has 0 aliphatic rings. The number of nitrogens with one attached hydrogen (secondary N) is 1. The van der Waals surface area contributed by atoms with Gasteiger partial charge in [-0.15, -0.1) is 0 Å². The van der Waals surface area contributed by atoms with E-state index >= 15 is 0 Å². The number of hydrogen-bond acceptors (Lipinski definition) is 3. The monoisotopic (exact) mass is 338 g/mol. The molecule has 0 fully saturated rings. The quantitative estimate of drug-likeness (QED) is 0.551. The number of halogens is 1. The Balaban J connectivity index is 1.86. The van der Waals surface area contributed by atoms with E-state index < -0.39 is 5.91 Å². The molecule has 0 saturated heterocycles. The zero-order valence-corrected chi connectivity index (χ0v) is 13.7. The van der Waals surface area contributed by atoms with E-state index in [0.717, 1.165) is 16.3 Å². The Morgan fingerprint density at radius 2 is 1.62 bits per heavy atom. The SMILES string of the molecule is C/C(=N/NC(=O)c1cc2ccccc2cc1O)c1ccccc1Cl. The van der Waals surface area contributed by atoms with Gasteiger partial charge in [0.1, 0.15) is 5.75 Å². The van der Waals surface area contributed by atoms with Gasteiger partial charge in [-0.05, 0) is 35.9 Å². The van der Waals surface area contributed by atoms with E-state index in [9.17, 15) is 9.90 Å². The highest BCUT2D eigenvalue weighted by atomic mass is 35.5. The van der Waals surface area contributed by atoms with Crippen molar-refractivity contribution < 1.29 is 9.90 Å². The van der Waals surface area contributed by atoms with Gasteiger partial charge in [0.15, 0.2) is 0 Å². The maximum Gasteiger partial charge on any atom is 0.275 e. The Labute approximate surface area is 144 Å². The fourth-order valence-corrected chi connectivity index (χ4v) is 2.69. The molecule has 0 saturated carbocycles. The van der Waals surface area contributed by atoms with Crippen LogP contribution in [0.1, 0.15) is 22.8 Å². The Kier molecular flexibility index (Phi) is 4.49. The lowest BCUT2D eigenvalue weighted by atomic mass is 10.1. The minimum Gasteiger partial charge on any atom is -0.507 e. The first kappa shape index (κ1) is 16.0. The molecule has 0 radical (unpaired) electrons. The van der Waals surface area contributed by atoms with Crippen molar-refractivity contribution in [3.8, 4) is 5.75 Å². The Morgan fingerprint density at radius 3 is 2.33 bits per heavy atom. The molecule has 0 bridgehead atoms. The molecular formula is C19H15ClN2O2. The maximum atomic E-state index is 12.3. The molecule has 5 heteroatoms. The fraction of sp³-hybridized carbons (Fsp3) is 0.0526. The van der Waals surface area contributed by atoms with Gasteiger partial charge in [-0.3, -0.25) is 4.79 Å². The second-order valence-electron chi connectivity index (χ2n) is 5.33. The van der Waals surface area contributed by atoms with Crippen LogP contribution in [0.5, 0.6) is 5.75 Å². The van der Waals surface area contributed by atoms with Crippen LogP contribution in [0.4, 0.5) is 0 Å². The summed E-state index contributed by atoms with van der Waals surface area (Å²) in [6.07, 6.45) is 0. The number of phenols is 1. The third-order valence-electron chi connectivity index (χ3n) is 3.70. The Hall–Kier alpha value is -2.85. The third kappa shape index (κ3) is 3.24. The minimum atomic E-state index is -0.482. The molecule has 0 aliphatic carbocycles. The summed E-state index contributed by atoms with van der Waals surface area (Å²) in [5.74, 6) is -0.568. The van der Waals surface area contributed by atoms with Crippen molar-refractivity contribution in [1.82, 2.24) is 5.43 Å². The normalized spacial score (nSPS) is 11.5. The molecule has 0 spiro atoms. The summed E-state index contributed by atoms with van der Waals surface area (Å²) in [5, 5.41) is 16.4. The average Bonchev–Trinajstić information content (AvgIpc) is 2.59. The summed E-state index contributed by atoms with van der Waals surface area (Å²) >= 11 is 6.11. The number of fused-ring (bicyclic) bond motifs is 1. The van der Waals surface area contributed by atoms with Gasteiger partial charge in [-0.25, -0.2) is 5.43 Å². The van der Waals surface area contributed by atoms with Crippen molar-refractivity contribution in [2.75, 3.05) is 0 Å². The van der Waals surface area contributed by atoms with Crippen molar-refractivity contribution in [3.05, 3.63) is 76.8 Å². The third-order valence-corrected chi connectivity index (χ3v) is 4.03. The summed E-state index contributed by atoms with van der Waals surface area (Å²) in [4.78, 5) is 12.3. The van der Waals surface area contributed by atoms with E-state index in [1.165, 1.54) is 0 Å². The van der Waals surface area contributed by atoms with E-state index in [-0.39, 0.29) is 11.3 Å². The van der Waals surface area contributed by atoms with Gasteiger partial charge in [0, 0.05) is 10.6 Å². The second-order valence-corrected chi connectivity index (χ2v) is 5.74. The van der Waals surface area contributed by atoms with Gasteiger partial charge in [0.2, 0.25) is 0 Å². The van der Waals surface area contributed by atoms with Crippen molar-refractivity contribution in [3.63, 3.8) is 0 Å². The lowest BCUT2D eigenvalue weighted by Crippen LogP contribution is -2.19. The smallest absolute Gasteiger partial charge is 0.275 e. The lowest BCUT2D eigenvalue weighted by Gasteiger charge is -2.07. The van der Waals surface area contributed by atoms with Crippen LogP contribution in [-0.4, -0.2) is 16.7 Å². The molecule has 3 rings (SSSR count). The van der Waals surface area contributed by atoms with Crippen LogP contribution in [0.25, 0.3) is 10.8 Å². The van der Waals surface area contributed by atoms with Crippen LogP contribution < -0.4 is 5.43 Å². The fourth-order valence-electron chi connectivity index (χ4n) is 2.42. The molecular weight excluding hydrogens is 324 g/mol. The van der Waals surface area contributed by atoms with E-state index in [1.807, 2.05) is 42.5 Å². The largest absolute Gasteiger partial charge is 0.507 e. The number of nitrogens with zero attached hydrogens (tertiary/aromatic N) is 1. The van der Waals surface area contributed by atoms with E-state index in [0.29, 0.717) is 10.7 Å². The number of hydrazone groups is 1. The number of phenolic OH excluding ortho intramolecular Hbond substituents is 1. The number of benzene rings is 3. The van der Waals surface area contributed by atoms with Gasteiger partial charge in [0.05, 0.1) is 11.3 Å². The van der Waals surface area contributed by atoms with Crippen molar-refractivity contribution in [2.45, 2.75) is 6.92 Å². The standard InChI is InChI=1S/C19H15ClN2O2/c1-12(15-8-4-5-9-17(15)20)21-22-19(24)16-10-13-6-2-3-7-14(13)11-18(16)23/h2-11,23H,1H3,(H,22,24)/b21-12-. The molecule has 1 amide bonds. The van der Waals surface area contributed by atoms with Crippen molar-refractivity contribution >= 4 is 34.0 Å². The predicted molar refractivity (Wildman–Crippen MR) is 96.7 cm³/mol. The zero-order valence-electron chi connectivity index (χ0n) is 13.0. The first-order chi connectivity index (χ1) is 11.6. The topological polar surface area (TPSA) is 61.7 Å². The van der Waals surface area contributed by atoms with Crippen LogP contribution in [-0.2, 0) is 0 Å². The van der Waals surface area contributed by atoms with Crippen LogP contribution in [0.15, 0.2) is 65.8 Å². The second kappa shape index (κ2) is 6.72. The molecule has 2 N–H and O–H groups in total. The molecule has 0 aromatic heterocycles. The molecule has 0 unspecified atom stereocenters. The average molecular weight is 339 g/mol. The van der Waals surface area contributed by atoms with Crippen LogP contribution in [0.3, 0.4) is 0 Å². The van der Waals surface area contributed by atoms with E-state index in [2.05, 4.69) is 10.5 Å². The summed E-state index contributed by atoms with van der Waals surface area (Å²) in [6.45, 7) is 1.75. The van der Waals surface area contributed by atoms with Crippen molar-refractivity contribution in [2.24, 2.45) is 5.10 Å². The van der Waals surface area contributed by atoms with Gasteiger partial charge >= 0.3 is 0 Å². The Morgan fingerprint density at radius 1 is 1.00 bits per heavy atom. The summed E-state index contributed by atoms with van der Waals surface area (Å²) in [7, 11) is 0. The molecule has 0 heterocycles. The molecule has 3 aromatic rings. The van der Waals surface area contributed by atoms with Gasteiger partial charge < -0.3 is 5.11 Å². The van der Waals surface area contributed by atoms with Crippen LogP contribution >= 0.6 is 11.6 Å². The lowest BCUT2D eigenvalue weighted by molar-refractivity contribution is 0.0952. The number of rotatable bonds is 3. The minimum absolute atomic E-state index is 0.0863. The molecule has 120 valence electrons. The van der Waals surface area contributed by atoms with Gasteiger partial charge in [-0.1, -0.05) is 54.1 Å². The molecule has 4 nitrogen and oxygen atoms in total. The summed E-state index contributed by atoms with van der Waals surface area (Å²) in [6, 6.07) is 17.9. The molecule has 24 heavy (non-hydrogen) atoms. The maximum absolute atomic E-state index is 12.3. The number of carbonyl (C=O) groups is 1. The highest BCUT2D eigenvalue weighted by Gasteiger charge is 2.12. The number of carbonyl (C=O) groups excluding carboxylic acids is 1. The number of aromatic hydroxyl groups is 1.